The van der Waals surface area contributed by atoms with Crippen LogP contribution in [0.1, 0.15) is 31.9 Å². The zero-order valence-corrected chi connectivity index (χ0v) is 14.2. The van der Waals surface area contributed by atoms with Crippen molar-refractivity contribution in [2.45, 2.75) is 26.9 Å². The minimum absolute atomic E-state index is 0.167. The molecule has 1 aliphatic rings. The Morgan fingerprint density at radius 3 is 2.16 bits per heavy atom. The van der Waals surface area contributed by atoms with E-state index in [-0.39, 0.29) is 18.0 Å². The van der Waals surface area contributed by atoms with Crippen LogP contribution in [0.25, 0.3) is 11.6 Å². The first-order chi connectivity index (χ1) is 11.9. The number of rotatable bonds is 3. The van der Waals surface area contributed by atoms with E-state index in [1.807, 2.05) is 31.2 Å². The molecule has 0 aliphatic carbocycles. The molecule has 0 spiro atoms. The van der Waals surface area contributed by atoms with Crippen LogP contribution in [0.3, 0.4) is 0 Å². The fourth-order valence-electron chi connectivity index (χ4n) is 2.70. The Hall–Kier alpha value is -3.08. The summed E-state index contributed by atoms with van der Waals surface area (Å²) in [5.74, 6) is 0.923. The van der Waals surface area contributed by atoms with Gasteiger partial charge in [-0.2, -0.15) is 0 Å². The van der Waals surface area contributed by atoms with Gasteiger partial charge in [0.2, 0.25) is 0 Å². The molecule has 0 N–H and O–H groups in total. The number of benzene rings is 2. The maximum atomic E-state index is 11.1. The quantitative estimate of drug-likeness (QED) is 0.628. The van der Waals surface area contributed by atoms with Crippen molar-refractivity contribution in [1.82, 2.24) is 0 Å². The van der Waals surface area contributed by atoms with E-state index in [1.165, 1.54) is 13.8 Å². The Balaban J connectivity index is 1.89. The van der Waals surface area contributed by atoms with Crippen LogP contribution in [0, 0.1) is 0 Å². The van der Waals surface area contributed by atoms with Crippen molar-refractivity contribution in [3.63, 3.8) is 0 Å². The summed E-state index contributed by atoms with van der Waals surface area (Å²) in [7, 11) is 0. The SMILES string of the molecule is CC(=O)Oc1ccc(C2=Cc3ccc(OC(C)=O)cc3O[C@H]2C)cc1. The molecule has 25 heavy (non-hydrogen) atoms. The normalized spacial score (nSPS) is 15.5. The molecule has 0 saturated heterocycles. The summed E-state index contributed by atoms with van der Waals surface area (Å²) in [5, 5.41) is 0. The van der Waals surface area contributed by atoms with Gasteiger partial charge in [-0.05, 0) is 48.4 Å². The average Bonchev–Trinajstić information content (AvgIpc) is 2.54. The van der Waals surface area contributed by atoms with Gasteiger partial charge in [-0.25, -0.2) is 0 Å². The molecule has 0 bridgehead atoms. The zero-order chi connectivity index (χ0) is 18.0. The number of ether oxygens (including phenoxy) is 3. The summed E-state index contributed by atoms with van der Waals surface area (Å²) in [4.78, 5) is 22.1. The molecule has 1 atom stereocenters. The van der Waals surface area contributed by atoms with Gasteiger partial charge in [0.05, 0.1) is 0 Å². The van der Waals surface area contributed by atoms with Crippen molar-refractivity contribution in [2.75, 3.05) is 0 Å². The number of hydrogen-bond donors (Lipinski definition) is 0. The third-order valence-electron chi connectivity index (χ3n) is 3.75. The van der Waals surface area contributed by atoms with E-state index >= 15 is 0 Å². The van der Waals surface area contributed by atoms with Crippen LogP contribution in [0.5, 0.6) is 17.2 Å². The molecule has 3 rings (SSSR count). The van der Waals surface area contributed by atoms with Gasteiger partial charge >= 0.3 is 11.9 Å². The van der Waals surface area contributed by atoms with Crippen molar-refractivity contribution >= 4 is 23.6 Å². The van der Waals surface area contributed by atoms with Gasteiger partial charge in [-0.15, -0.1) is 0 Å². The van der Waals surface area contributed by atoms with E-state index < -0.39 is 0 Å². The number of esters is 2. The van der Waals surface area contributed by atoms with Crippen molar-refractivity contribution in [2.24, 2.45) is 0 Å². The van der Waals surface area contributed by atoms with Gasteiger partial charge in [0.15, 0.2) is 0 Å². The van der Waals surface area contributed by atoms with Gasteiger partial charge in [0.25, 0.3) is 0 Å². The van der Waals surface area contributed by atoms with Crippen molar-refractivity contribution < 1.29 is 23.8 Å². The number of hydrogen-bond acceptors (Lipinski definition) is 5. The molecular formula is C20H18O5. The van der Waals surface area contributed by atoms with Gasteiger partial charge in [-0.3, -0.25) is 9.59 Å². The van der Waals surface area contributed by atoms with Crippen LogP contribution >= 0.6 is 0 Å². The second-order valence-electron chi connectivity index (χ2n) is 5.77. The highest BCUT2D eigenvalue weighted by molar-refractivity contribution is 5.87. The fourth-order valence-corrected chi connectivity index (χ4v) is 2.70. The van der Waals surface area contributed by atoms with E-state index in [0.717, 1.165) is 16.7 Å². The predicted molar refractivity (Wildman–Crippen MR) is 93.5 cm³/mol. The highest BCUT2D eigenvalue weighted by Gasteiger charge is 2.21. The molecule has 0 amide bonds. The smallest absolute Gasteiger partial charge is 0.308 e. The topological polar surface area (TPSA) is 61.8 Å². The van der Waals surface area contributed by atoms with E-state index in [1.54, 1.807) is 24.3 Å². The predicted octanol–water partition coefficient (Wildman–Crippen LogP) is 3.86. The number of carbonyl (C=O) groups excluding carboxylic acids is 2. The monoisotopic (exact) mass is 338 g/mol. The standard InChI is InChI=1S/C20H18O5/c1-12-19(15-4-7-17(8-5-15)24-13(2)21)10-16-6-9-18(25-14(3)22)11-20(16)23-12/h4-12H,1-3H3/t12-/m0/s1. The van der Waals surface area contributed by atoms with Crippen molar-refractivity contribution in [1.29, 1.82) is 0 Å². The van der Waals surface area contributed by atoms with E-state index in [4.69, 9.17) is 14.2 Å². The van der Waals surface area contributed by atoms with Gasteiger partial charge in [0.1, 0.15) is 23.4 Å². The minimum Gasteiger partial charge on any atom is -0.485 e. The van der Waals surface area contributed by atoms with Crippen LogP contribution in [0.4, 0.5) is 0 Å². The summed E-state index contributed by atoms with van der Waals surface area (Å²) in [5.41, 5.74) is 2.91. The van der Waals surface area contributed by atoms with Crippen molar-refractivity contribution in [3.05, 3.63) is 53.6 Å². The number of carbonyl (C=O) groups is 2. The lowest BCUT2D eigenvalue weighted by Crippen LogP contribution is -2.18. The highest BCUT2D eigenvalue weighted by Crippen LogP contribution is 2.36. The molecule has 0 unspecified atom stereocenters. The van der Waals surface area contributed by atoms with E-state index in [0.29, 0.717) is 17.2 Å². The van der Waals surface area contributed by atoms with Gasteiger partial charge in [-0.1, -0.05) is 12.1 Å². The van der Waals surface area contributed by atoms with E-state index in [2.05, 4.69) is 0 Å². The minimum atomic E-state index is -0.368. The molecule has 1 aliphatic heterocycles. The summed E-state index contributed by atoms with van der Waals surface area (Å²) in [6.45, 7) is 4.68. The average molecular weight is 338 g/mol. The maximum Gasteiger partial charge on any atom is 0.308 e. The molecule has 1 heterocycles. The lowest BCUT2D eigenvalue weighted by molar-refractivity contribution is -0.132. The molecule has 2 aromatic carbocycles. The molecule has 0 saturated carbocycles. The lowest BCUT2D eigenvalue weighted by Gasteiger charge is -2.25. The fraction of sp³-hybridized carbons (Fsp3) is 0.200. The number of fused-ring (bicyclic) bond motifs is 1. The molecule has 128 valence electrons. The van der Waals surface area contributed by atoms with Gasteiger partial charge < -0.3 is 14.2 Å². The summed E-state index contributed by atoms with van der Waals surface area (Å²) >= 11 is 0. The Labute approximate surface area is 145 Å². The summed E-state index contributed by atoms with van der Waals surface area (Å²) in [6.07, 6.45) is 1.88. The Morgan fingerprint density at radius 2 is 1.52 bits per heavy atom. The summed E-state index contributed by atoms with van der Waals surface area (Å²) in [6, 6.07) is 12.6. The molecule has 0 aromatic heterocycles. The van der Waals surface area contributed by atoms with Crippen LogP contribution in [0.2, 0.25) is 0 Å². The van der Waals surface area contributed by atoms with Crippen LogP contribution in [-0.4, -0.2) is 18.0 Å². The van der Waals surface area contributed by atoms with Crippen LogP contribution in [-0.2, 0) is 9.59 Å². The molecule has 0 radical (unpaired) electrons. The van der Waals surface area contributed by atoms with E-state index in [9.17, 15) is 9.59 Å². The highest BCUT2D eigenvalue weighted by atomic mass is 16.5. The first-order valence-corrected chi connectivity index (χ1v) is 7.92. The van der Waals surface area contributed by atoms with Gasteiger partial charge in [0, 0.05) is 25.5 Å². The van der Waals surface area contributed by atoms with Crippen LogP contribution in [0.15, 0.2) is 42.5 Å². The lowest BCUT2D eigenvalue weighted by atomic mass is 9.96. The molecule has 0 fully saturated rings. The summed E-state index contributed by atoms with van der Waals surface area (Å²) < 4.78 is 16.1. The zero-order valence-electron chi connectivity index (χ0n) is 14.2. The third kappa shape index (κ3) is 3.88. The maximum absolute atomic E-state index is 11.1. The van der Waals surface area contributed by atoms with Crippen molar-refractivity contribution in [3.8, 4) is 17.2 Å². The molecule has 2 aromatic rings. The molecule has 5 nitrogen and oxygen atoms in total. The first-order valence-electron chi connectivity index (χ1n) is 7.92. The second-order valence-corrected chi connectivity index (χ2v) is 5.77. The molecule has 5 heteroatoms. The third-order valence-corrected chi connectivity index (χ3v) is 3.75. The molecular weight excluding hydrogens is 320 g/mol. The first kappa shape index (κ1) is 16.8. The Morgan fingerprint density at radius 1 is 0.920 bits per heavy atom. The van der Waals surface area contributed by atoms with Crippen LogP contribution < -0.4 is 14.2 Å². The largest absolute Gasteiger partial charge is 0.485 e. The second kappa shape index (κ2) is 6.81. The Bertz CT molecular complexity index is 849. The Kier molecular flexibility index (Phi) is 4.57.